The summed E-state index contributed by atoms with van der Waals surface area (Å²) in [7, 11) is 2.98. The number of aromatic carboxylic acids is 1. The first-order valence-electron chi connectivity index (χ1n) is 8.29. The summed E-state index contributed by atoms with van der Waals surface area (Å²) in [6.45, 7) is 4.10. The summed E-state index contributed by atoms with van der Waals surface area (Å²) in [4.78, 5) is 25.2. The van der Waals surface area contributed by atoms with Crippen molar-refractivity contribution in [2.75, 3.05) is 19.5 Å². The summed E-state index contributed by atoms with van der Waals surface area (Å²) in [5.41, 5.74) is 0.544. The molecular formula is C19H20NO6S-. The van der Waals surface area contributed by atoms with Gasteiger partial charge in [-0.25, -0.2) is 0 Å². The van der Waals surface area contributed by atoms with Crippen LogP contribution in [0.3, 0.4) is 0 Å². The molecule has 8 heteroatoms. The number of carbonyl (C=O) groups is 2. The molecule has 1 aliphatic rings. The number of carboxylic acids is 1. The molecule has 0 radical (unpaired) electrons. The molecule has 0 spiro atoms. The summed E-state index contributed by atoms with van der Waals surface area (Å²) in [5, 5.41) is 14.7. The van der Waals surface area contributed by atoms with Crippen molar-refractivity contribution in [1.29, 1.82) is 0 Å². The monoisotopic (exact) mass is 390 g/mol. The lowest BCUT2D eigenvalue weighted by Crippen LogP contribution is -2.33. The first-order chi connectivity index (χ1) is 12.8. The zero-order valence-electron chi connectivity index (χ0n) is 15.5. The highest BCUT2D eigenvalue weighted by Crippen LogP contribution is 2.40. The molecule has 1 N–H and O–H groups in total. The van der Waals surface area contributed by atoms with Crippen LogP contribution < -0.4 is 19.9 Å². The largest absolute Gasteiger partial charge is 0.545 e. The van der Waals surface area contributed by atoms with Crippen LogP contribution in [0.4, 0.5) is 5.00 Å². The summed E-state index contributed by atoms with van der Waals surface area (Å²) >= 11 is 1.20. The van der Waals surface area contributed by atoms with E-state index in [1.807, 2.05) is 13.8 Å². The summed E-state index contributed by atoms with van der Waals surface area (Å²) < 4.78 is 16.1. The maximum absolute atomic E-state index is 12.7. The van der Waals surface area contributed by atoms with Crippen LogP contribution in [-0.4, -0.2) is 31.7 Å². The molecular weight excluding hydrogens is 370 g/mol. The van der Waals surface area contributed by atoms with E-state index in [1.54, 1.807) is 12.1 Å². The highest BCUT2D eigenvalue weighted by molar-refractivity contribution is 7.17. The van der Waals surface area contributed by atoms with Crippen molar-refractivity contribution in [2.24, 2.45) is 0 Å². The lowest BCUT2D eigenvalue weighted by Gasteiger charge is -2.30. The van der Waals surface area contributed by atoms with Crippen molar-refractivity contribution in [3.63, 3.8) is 0 Å². The van der Waals surface area contributed by atoms with Gasteiger partial charge in [0.2, 0.25) is 0 Å². The van der Waals surface area contributed by atoms with Gasteiger partial charge in [0.05, 0.1) is 32.4 Å². The van der Waals surface area contributed by atoms with Gasteiger partial charge in [-0.1, -0.05) is 0 Å². The predicted octanol–water partition coefficient (Wildman–Crippen LogP) is 2.23. The Kier molecular flexibility index (Phi) is 5.12. The number of carbonyl (C=O) groups excluding carboxylic acids is 2. The Morgan fingerprint density at radius 2 is 1.93 bits per heavy atom. The second kappa shape index (κ2) is 7.21. The second-order valence-corrected chi connectivity index (χ2v) is 7.85. The Morgan fingerprint density at radius 3 is 2.56 bits per heavy atom. The fourth-order valence-corrected chi connectivity index (χ4v) is 4.12. The smallest absolute Gasteiger partial charge is 0.256 e. The molecule has 0 aliphatic carbocycles. The number of nitrogens with one attached hydrogen (secondary N) is 1. The van der Waals surface area contributed by atoms with Crippen molar-refractivity contribution in [3.05, 3.63) is 39.8 Å². The number of rotatable bonds is 5. The number of thiophene rings is 1. The van der Waals surface area contributed by atoms with Gasteiger partial charge in [0.25, 0.3) is 5.91 Å². The SMILES string of the molecule is COc1ccc(C(=O)Nc2sc3c(c2C(=O)[O-])CC(C)(C)OC3)cc1OC. The second-order valence-electron chi connectivity index (χ2n) is 6.74. The van der Waals surface area contributed by atoms with Gasteiger partial charge in [0.15, 0.2) is 11.5 Å². The zero-order chi connectivity index (χ0) is 19.8. The fourth-order valence-electron chi connectivity index (χ4n) is 3.01. The molecule has 1 aromatic carbocycles. The van der Waals surface area contributed by atoms with E-state index < -0.39 is 17.5 Å². The van der Waals surface area contributed by atoms with Gasteiger partial charge in [-0.05, 0) is 37.6 Å². The zero-order valence-corrected chi connectivity index (χ0v) is 16.3. The molecule has 3 rings (SSSR count). The molecule has 144 valence electrons. The van der Waals surface area contributed by atoms with Gasteiger partial charge in [0, 0.05) is 22.4 Å². The molecule has 7 nitrogen and oxygen atoms in total. The molecule has 0 bridgehead atoms. The number of hydrogen-bond acceptors (Lipinski definition) is 7. The van der Waals surface area contributed by atoms with Gasteiger partial charge < -0.3 is 29.4 Å². The van der Waals surface area contributed by atoms with Gasteiger partial charge in [-0.2, -0.15) is 0 Å². The summed E-state index contributed by atoms with van der Waals surface area (Å²) in [6.07, 6.45) is 0.439. The first kappa shape index (κ1) is 19.2. The van der Waals surface area contributed by atoms with Gasteiger partial charge in [-0.3, -0.25) is 4.79 Å². The van der Waals surface area contributed by atoms with E-state index in [-0.39, 0.29) is 10.6 Å². The molecule has 1 amide bonds. The Morgan fingerprint density at radius 1 is 1.22 bits per heavy atom. The maximum atomic E-state index is 12.7. The number of carboxylic acid groups (broad SMARTS) is 1. The third-order valence-corrected chi connectivity index (χ3v) is 5.49. The van der Waals surface area contributed by atoms with Crippen molar-refractivity contribution in [2.45, 2.75) is 32.5 Å². The number of anilines is 1. The molecule has 1 aliphatic heterocycles. The highest BCUT2D eigenvalue weighted by atomic mass is 32.1. The van der Waals surface area contributed by atoms with Crippen molar-refractivity contribution in [3.8, 4) is 11.5 Å². The minimum absolute atomic E-state index is 0.0280. The van der Waals surface area contributed by atoms with Crippen molar-refractivity contribution in [1.82, 2.24) is 0 Å². The summed E-state index contributed by atoms with van der Waals surface area (Å²) in [6, 6.07) is 4.73. The molecule has 2 aromatic rings. The Labute approximate surface area is 160 Å². The minimum atomic E-state index is -1.31. The van der Waals surface area contributed by atoms with E-state index in [0.29, 0.717) is 35.7 Å². The van der Waals surface area contributed by atoms with Crippen LogP contribution in [0.1, 0.15) is 45.0 Å². The van der Waals surface area contributed by atoms with Crippen LogP contribution in [0, 0.1) is 0 Å². The van der Waals surface area contributed by atoms with Crippen LogP contribution in [-0.2, 0) is 17.8 Å². The maximum Gasteiger partial charge on any atom is 0.256 e. The van der Waals surface area contributed by atoms with Crippen LogP contribution in [0.25, 0.3) is 0 Å². The third-order valence-electron chi connectivity index (χ3n) is 4.36. The fraction of sp³-hybridized carbons (Fsp3) is 0.368. The topological polar surface area (TPSA) is 96.9 Å². The van der Waals surface area contributed by atoms with E-state index >= 15 is 0 Å². The number of amides is 1. The number of hydrogen-bond donors (Lipinski definition) is 1. The molecule has 0 fully saturated rings. The van der Waals surface area contributed by atoms with Gasteiger partial charge in [-0.15, -0.1) is 11.3 Å². The molecule has 0 atom stereocenters. The quantitative estimate of drug-likeness (QED) is 0.841. The predicted molar refractivity (Wildman–Crippen MR) is 98.7 cm³/mol. The Hall–Kier alpha value is -2.58. The number of fused-ring (bicyclic) bond motifs is 1. The van der Waals surface area contributed by atoms with Crippen LogP contribution >= 0.6 is 11.3 Å². The van der Waals surface area contributed by atoms with E-state index in [9.17, 15) is 14.7 Å². The van der Waals surface area contributed by atoms with E-state index in [4.69, 9.17) is 14.2 Å². The molecule has 1 aromatic heterocycles. The van der Waals surface area contributed by atoms with Crippen LogP contribution in [0.15, 0.2) is 18.2 Å². The van der Waals surface area contributed by atoms with E-state index in [0.717, 1.165) is 4.88 Å². The molecule has 2 heterocycles. The Bertz CT molecular complexity index is 902. The lowest BCUT2D eigenvalue weighted by atomic mass is 9.93. The van der Waals surface area contributed by atoms with E-state index in [2.05, 4.69) is 5.32 Å². The standard InChI is InChI=1S/C19H21NO6S/c1-19(2)8-11-14(9-26-19)27-17(15(11)18(22)23)20-16(21)10-5-6-12(24-3)13(7-10)25-4/h5-7H,8-9H2,1-4H3,(H,20,21)(H,22,23)/p-1. The third kappa shape index (κ3) is 3.77. The molecule has 0 saturated heterocycles. The lowest BCUT2D eigenvalue weighted by molar-refractivity contribution is -0.255. The van der Waals surface area contributed by atoms with Crippen LogP contribution in [0.2, 0.25) is 0 Å². The Balaban J connectivity index is 1.93. The minimum Gasteiger partial charge on any atom is -0.545 e. The number of ether oxygens (including phenoxy) is 3. The first-order valence-corrected chi connectivity index (χ1v) is 9.10. The van der Waals surface area contributed by atoms with E-state index in [1.165, 1.54) is 31.6 Å². The average molecular weight is 390 g/mol. The van der Waals surface area contributed by atoms with Crippen molar-refractivity contribution >= 4 is 28.2 Å². The highest BCUT2D eigenvalue weighted by Gasteiger charge is 2.32. The number of methoxy groups -OCH3 is 2. The molecule has 0 saturated carbocycles. The van der Waals surface area contributed by atoms with Crippen LogP contribution in [0.5, 0.6) is 11.5 Å². The number of benzene rings is 1. The average Bonchev–Trinajstić information content (AvgIpc) is 2.96. The normalized spacial score (nSPS) is 15.0. The molecule has 27 heavy (non-hydrogen) atoms. The summed E-state index contributed by atoms with van der Waals surface area (Å²) in [5.74, 6) is -0.855. The van der Waals surface area contributed by atoms with Crippen molar-refractivity contribution < 1.29 is 28.9 Å². The van der Waals surface area contributed by atoms with Gasteiger partial charge >= 0.3 is 0 Å². The molecule has 0 unspecified atom stereocenters. The van der Waals surface area contributed by atoms with Gasteiger partial charge in [0.1, 0.15) is 5.00 Å².